The molecule has 1 fully saturated rings. The van der Waals surface area contributed by atoms with Gasteiger partial charge in [-0.1, -0.05) is 46.3 Å². The summed E-state index contributed by atoms with van der Waals surface area (Å²) in [6.45, 7) is 11.8. The number of hydrogen-bond acceptors (Lipinski definition) is 2. The van der Waals surface area contributed by atoms with Crippen LogP contribution in [0.5, 0.6) is 0 Å². The first-order valence-corrected chi connectivity index (χ1v) is 11.2. The van der Waals surface area contributed by atoms with Crippen LogP contribution in [-0.2, 0) is 4.79 Å². The first-order valence-electron chi connectivity index (χ1n) is 11.2. The van der Waals surface area contributed by atoms with Crippen LogP contribution >= 0.6 is 0 Å². The summed E-state index contributed by atoms with van der Waals surface area (Å²) in [4.78, 5) is 11.1. The molecule has 0 amide bonds. The van der Waals surface area contributed by atoms with Crippen molar-refractivity contribution in [1.82, 2.24) is 0 Å². The molecule has 0 aromatic carbocycles. The summed E-state index contributed by atoms with van der Waals surface area (Å²) in [6.07, 6.45) is 12.2. The molecule has 150 valence electrons. The number of fused-ring (bicyclic) bond motifs is 4. The second-order valence-electron chi connectivity index (χ2n) is 11.1. The summed E-state index contributed by atoms with van der Waals surface area (Å²) in [6, 6.07) is 0. The lowest BCUT2D eigenvalue weighted by atomic mass is 9.46. The maximum Gasteiger partial charge on any atom is 0.120 e. The van der Waals surface area contributed by atoms with Crippen molar-refractivity contribution in [1.29, 1.82) is 0 Å². The van der Waals surface area contributed by atoms with Gasteiger partial charge in [-0.2, -0.15) is 0 Å². The van der Waals surface area contributed by atoms with E-state index in [-0.39, 0.29) is 22.3 Å². The Morgan fingerprint density at radius 2 is 1.89 bits per heavy atom. The van der Waals surface area contributed by atoms with Gasteiger partial charge in [0.05, 0.1) is 6.10 Å². The highest BCUT2D eigenvalue weighted by atomic mass is 16.3. The van der Waals surface area contributed by atoms with E-state index in [0.29, 0.717) is 24.2 Å². The third-order valence-corrected chi connectivity index (χ3v) is 9.58. The molecule has 2 nitrogen and oxygen atoms in total. The molecule has 4 rings (SSSR count). The van der Waals surface area contributed by atoms with Gasteiger partial charge in [-0.25, -0.2) is 0 Å². The topological polar surface area (TPSA) is 37.3 Å². The van der Waals surface area contributed by atoms with Crippen LogP contribution in [0.4, 0.5) is 0 Å². The lowest BCUT2D eigenvalue weighted by Gasteiger charge is -2.59. The van der Waals surface area contributed by atoms with Gasteiger partial charge in [0.2, 0.25) is 0 Å². The van der Waals surface area contributed by atoms with Crippen LogP contribution in [0.1, 0.15) is 86.0 Å². The highest BCUT2D eigenvalue weighted by Gasteiger charge is 2.57. The SMILES string of the molecule is C[C@@H](CC=O)[C@H]1CC=C2C3=C(CC[C@@]21C)[C@@]1(C)CC[C@H](O)C(C)(C)C1CC3. The van der Waals surface area contributed by atoms with Gasteiger partial charge < -0.3 is 9.90 Å². The molecule has 1 saturated carbocycles. The summed E-state index contributed by atoms with van der Waals surface area (Å²) in [5, 5.41) is 10.7. The van der Waals surface area contributed by atoms with Crippen LogP contribution in [0.15, 0.2) is 22.8 Å². The first kappa shape index (κ1) is 19.4. The third-order valence-electron chi connectivity index (χ3n) is 9.58. The number of rotatable bonds is 3. The predicted octanol–water partition coefficient (Wildman–Crippen LogP) is 5.85. The van der Waals surface area contributed by atoms with E-state index in [1.807, 2.05) is 0 Å². The van der Waals surface area contributed by atoms with E-state index in [2.05, 4.69) is 40.7 Å². The molecule has 1 unspecified atom stereocenters. The second kappa shape index (κ2) is 6.31. The summed E-state index contributed by atoms with van der Waals surface area (Å²) in [5.41, 5.74) is 5.56. The fourth-order valence-electron chi connectivity index (χ4n) is 7.89. The smallest absolute Gasteiger partial charge is 0.120 e. The highest BCUT2D eigenvalue weighted by Crippen LogP contribution is 2.66. The van der Waals surface area contributed by atoms with E-state index in [1.54, 1.807) is 16.7 Å². The van der Waals surface area contributed by atoms with Crippen LogP contribution in [0, 0.1) is 34.0 Å². The van der Waals surface area contributed by atoms with Gasteiger partial charge in [-0.3, -0.25) is 0 Å². The minimum atomic E-state index is -0.161. The van der Waals surface area contributed by atoms with Gasteiger partial charge in [0.1, 0.15) is 6.29 Å². The zero-order chi connectivity index (χ0) is 19.6. The van der Waals surface area contributed by atoms with Gasteiger partial charge in [0, 0.05) is 6.42 Å². The molecule has 4 aliphatic carbocycles. The van der Waals surface area contributed by atoms with Crippen LogP contribution in [-0.4, -0.2) is 17.5 Å². The van der Waals surface area contributed by atoms with Crippen molar-refractivity contribution >= 4 is 6.29 Å². The number of carbonyl (C=O) groups is 1. The molecule has 0 aromatic heterocycles. The van der Waals surface area contributed by atoms with Crippen molar-refractivity contribution in [2.45, 2.75) is 92.1 Å². The van der Waals surface area contributed by atoms with Crippen LogP contribution in [0.3, 0.4) is 0 Å². The Bertz CT molecular complexity index is 699. The quantitative estimate of drug-likeness (QED) is 0.633. The second-order valence-corrected chi connectivity index (χ2v) is 11.1. The molecule has 2 heteroatoms. The fourth-order valence-corrected chi connectivity index (χ4v) is 7.89. The Morgan fingerprint density at radius 1 is 1.15 bits per heavy atom. The minimum absolute atomic E-state index is 0.0113. The molecule has 0 saturated heterocycles. The Hall–Kier alpha value is -0.890. The Balaban J connectivity index is 1.71. The zero-order valence-electron chi connectivity index (χ0n) is 18.0. The zero-order valence-corrected chi connectivity index (χ0v) is 18.0. The number of aliphatic hydroxyl groups excluding tert-OH is 1. The van der Waals surface area contributed by atoms with Crippen molar-refractivity contribution < 1.29 is 9.90 Å². The van der Waals surface area contributed by atoms with Crippen molar-refractivity contribution in [2.75, 3.05) is 0 Å². The molecular weight excluding hydrogens is 332 g/mol. The number of aldehydes is 1. The average Bonchev–Trinajstić information content (AvgIpc) is 2.96. The molecule has 0 aliphatic heterocycles. The summed E-state index contributed by atoms with van der Waals surface area (Å²) in [7, 11) is 0. The standard InChI is InChI=1S/C25H38O2/c1-16(12-15-26)18-7-8-19-17-6-9-21-23(2,3)22(27)11-14-25(21,5)20(17)10-13-24(18,19)4/h8,15-16,18,21-22,27H,6-7,9-14H2,1-5H3/t16-,18+,21?,22-,24+,25+/m0/s1. The van der Waals surface area contributed by atoms with E-state index >= 15 is 0 Å². The maximum absolute atomic E-state index is 11.1. The monoisotopic (exact) mass is 370 g/mol. The van der Waals surface area contributed by atoms with Gasteiger partial charge >= 0.3 is 0 Å². The van der Waals surface area contributed by atoms with Gasteiger partial charge in [0.25, 0.3) is 0 Å². The number of aliphatic hydroxyl groups is 1. The van der Waals surface area contributed by atoms with Crippen LogP contribution < -0.4 is 0 Å². The Kier molecular flexibility index (Phi) is 4.54. The molecule has 0 aromatic rings. The highest BCUT2D eigenvalue weighted by molar-refractivity contribution is 5.52. The molecule has 0 radical (unpaired) electrons. The van der Waals surface area contributed by atoms with E-state index in [0.717, 1.165) is 25.5 Å². The predicted molar refractivity (Wildman–Crippen MR) is 110 cm³/mol. The maximum atomic E-state index is 11.1. The fraction of sp³-hybridized carbons (Fsp3) is 0.800. The molecule has 6 atom stereocenters. The van der Waals surface area contributed by atoms with Crippen molar-refractivity contribution in [2.24, 2.45) is 34.0 Å². The molecule has 0 bridgehead atoms. The number of hydrogen-bond donors (Lipinski definition) is 1. The molecule has 27 heavy (non-hydrogen) atoms. The summed E-state index contributed by atoms with van der Waals surface area (Å²) < 4.78 is 0. The average molecular weight is 371 g/mol. The van der Waals surface area contributed by atoms with Crippen molar-refractivity contribution in [3.63, 3.8) is 0 Å². The minimum Gasteiger partial charge on any atom is -0.393 e. The molecular formula is C25H38O2. The van der Waals surface area contributed by atoms with Crippen LogP contribution in [0.25, 0.3) is 0 Å². The van der Waals surface area contributed by atoms with Gasteiger partial charge in [-0.15, -0.1) is 0 Å². The van der Waals surface area contributed by atoms with Gasteiger partial charge in [-0.05, 0) is 90.1 Å². The lowest BCUT2D eigenvalue weighted by Crippen LogP contribution is -2.53. The molecule has 1 N–H and O–H groups in total. The molecule has 0 heterocycles. The molecule has 0 spiro atoms. The normalized spacial score (nSPS) is 44.1. The van der Waals surface area contributed by atoms with E-state index in [4.69, 9.17) is 0 Å². The Labute approximate surface area is 165 Å². The third kappa shape index (κ3) is 2.58. The van der Waals surface area contributed by atoms with Crippen LogP contribution in [0.2, 0.25) is 0 Å². The summed E-state index contributed by atoms with van der Waals surface area (Å²) >= 11 is 0. The van der Waals surface area contributed by atoms with Crippen molar-refractivity contribution in [3.8, 4) is 0 Å². The first-order chi connectivity index (χ1) is 12.7. The lowest BCUT2D eigenvalue weighted by molar-refractivity contribution is -0.109. The van der Waals surface area contributed by atoms with E-state index in [1.165, 1.54) is 25.7 Å². The van der Waals surface area contributed by atoms with E-state index in [9.17, 15) is 9.90 Å². The Morgan fingerprint density at radius 3 is 2.59 bits per heavy atom. The number of carbonyl (C=O) groups excluding carboxylic acids is 1. The largest absolute Gasteiger partial charge is 0.393 e. The van der Waals surface area contributed by atoms with Crippen molar-refractivity contribution in [3.05, 3.63) is 22.8 Å². The molecule has 4 aliphatic rings. The van der Waals surface area contributed by atoms with Gasteiger partial charge in [0.15, 0.2) is 0 Å². The van der Waals surface area contributed by atoms with E-state index < -0.39 is 0 Å². The summed E-state index contributed by atoms with van der Waals surface area (Å²) in [5.74, 6) is 1.67. The number of allylic oxidation sites excluding steroid dienone is 4.